The van der Waals surface area contributed by atoms with E-state index in [0.29, 0.717) is 33.8 Å². The number of nitrogen functional groups attached to an aromatic ring is 1. The Balaban J connectivity index is 2.24. The topological polar surface area (TPSA) is 91.8 Å². The molecule has 5 nitrogen and oxygen atoms in total. The summed E-state index contributed by atoms with van der Waals surface area (Å²) < 4.78 is 0. The molecule has 0 unspecified atom stereocenters. The molecule has 6 heteroatoms. The molecule has 0 aliphatic carbocycles. The summed E-state index contributed by atoms with van der Waals surface area (Å²) in [6, 6.07) is 8.96. The van der Waals surface area contributed by atoms with Crippen molar-refractivity contribution in [2.75, 3.05) is 11.1 Å². The van der Waals surface area contributed by atoms with E-state index in [-0.39, 0.29) is 17.5 Å². The van der Waals surface area contributed by atoms with E-state index in [1.165, 1.54) is 0 Å². The second-order valence-electron chi connectivity index (χ2n) is 4.93. The van der Waals surface area contributed by atoms with E-state index in [4.69, 9.17) is 22.6 Å². The van der Waals surface area contributed by atoms with Crippen molar-refractivity contribution in [1.29, 1.82) is 5.26 Å². The number of aromatic nitrogens is 1. The molecular formula is C16H15ClN4O. The summed E-state index contributed by atoms with van der Waals surface area (Å²) in [5.41, 5.74) is 9.22. The van der Waals surface area contributed by atoms with Crippen molar-refractivity contribution >= 4 is 28.9 Å². The highest BCUT2D eigenvalue weighted by molar-refractivity contribution is 6.30. The van der Waals surface area contributed by atoms with E-state index >= 15 is 0 Å². The maximum absolute atomic E-state index is 12.2. The van der Waals surface area contributed by atoms with E-state index in [1.807, 2.05) is 6.07 Å². The lowest BCUT2D eigenvalue weighted by atomic mass is 10.0. The largest absolute Gasteiger partial charge is 0.399 e. The van der Waals surface area contributed by atoms with Gasteiger partial charge in [0.25, 0.3) is 0 Å². The number of rotatable bonds is 3. The summed E-state index contributed by atoms with van der Waals surface area (Å²) in [6.45, 7) is 3.53. The normalized spacial score (nSPS) is 10.1. The van der Waals surface area contributed by atoms with Crippen LogP contribution in [0.4, 0.5) is 11.4 Å². The third-order valence-corrected chi connectivity index (χ3v) is 3.63. The monoisotopic (exact) mass is 314 g/mol. The second kappa shape index (κ2) is 6.46. The van der Waals surface area contributed by atoms with Crippen LogP contribution in [0.25, 0.3) is 0 Å². The number of nitrogens with one attached hydrogen (secondary N) is 1. The zero-order valence-corrected chi connectivity index (χ0v) is 13.0. The predicted octanol–water partition coefficient (Wildman–Crippen LogP) is 2.99. The van der Waals surface area contributed by atoms with Gasteiger partial charge in [-0.25, -0.2) is 4.98 Å². The Labute approximate surface area is 133 Å². The van der Waals surface area contributed by atoms with Crippen LogP contribution in [0.3, 0.4) is 0 Å². The highest BCUT2D eigenvalue weighted by atomic mass is 35.5. The SMILES string of the molecule is Cc1nc(Cl)c(C#N)c(C)c1CC(=O)Nc1cccc(N)c1. The van der Waals surface area contributed by atoms with E-state index in [1.54, 1.807) is 38.1 Å². The molecule has 0 spiro atoms. The molecule has 2 aromatic rings. The van der Waals surface area contributed by atoms with Crippen LogP contribution in [-0.2, 0) is 11.2 Å². The number of nitrogens with zero attached hydrogens (tertiary/aromatic N) is 2. The van der Waals surface area contributed by atoms with Crippen LogP contribution in [0, 0.1) is 25.2 Å². The number of carbonyl (C=O) groups excluding carboxylic acids is 1. The number of nitriles is 1. The first-order valence-electron chi connectivity index (χ1n) is 6.63. The lowest BCUT2D eigenvalue weighted by Crippen LogP contribution is -2.17. The van der Waals surface area contributed by atoms with Gasteiger partial charge in [0, 0.05) is 17.1 Å². The number of benzene rings is 1. The van der Waals surface area contributed by atoms with E-state index in [9.17, 15) is 4.79 Å². The van der Waals surface area contributed by atoms with Crippen LogP contribution >= 0.6 is 11.6 Å². The smallest absolute Gasteiger partial charge is 0.228 e. The molecule has 0 saturated carbocycles. The number of pyridine rings is 1. The summed E-state index contributed by atoms with van der Waals surface area (Å²) in [7, 11) is 0. The number of hydrogen-bond acceptors (Lipinski definition) is 4. The van der Waals surface area contributed by atoms with Crippen molar-refractivity contribution in [3.63, 3.8) is 0 Å². The van der Waals surface area contributed by atoms with Crippen molar-refractivity contribution in [2.45, 2.75) is 20.3 Å². The summed E-state index contributed by atoms with van der Waals surface area (Å²) >= 11 is 5.94. The zero-order chi connectivity index (χ0) is 16.3. The van der Waals surface area contributed by atoms with Crippen LogP contribution < -0.4 is 11.1 Å². The first kappa shape index (κ1) is 15.8. The Morgan fingerprint density at radius 1 is 1.45 bits per heavy atom. The van der Waals surface area contributed by atoms with Crippen molar-refractivity contribution in [3.05, 3.63) is 51.8 Å². The molecule has 2 rings (SSSR count). The molecular weight excluding hydrogens is 300 g/mol. The molecule has 112 valence electrons. The molecule has 0 radical (unpaired) electrons. The third-order valence-electron chi connectivity index (χ3n) is 3.36. The molecule has 0 bridgehead atoms. The molecule has 22 heavy (non-hydrogen) atoms. The molecule has 0 saturated heterocycles. The molecule has 1 aromatic carbocycles. The van der Waals surface area contributed by atoms with Crippen LogP contribution in [-0.4, -0.2) is 10.9 Å². The zero-order valence-electron chi connectivity index (χ0n) is 12.3. The minimum atomic E-state index is -0.204. The summed E-state index contributed by atoms with van der Waals surface area (Å²) in [5, 5.41) is 12.1. The number of halogens is 1. The number of aryl methyl sites for hydroxylation is 1. The average Bonchev–Trinajstić information content (AvgIpc) is 2.43. The van der Waals surface area contributed by atoms with Gasteiger partial charge in [0.05, 0.1) is 12.0 Å². The van der Waals surface area contributed by atoms with Gasteiger partial charge in [0.2, 0.25) is 5.91 Å². The van der Waals surface area contributed by atoms with Gasteiger partial charge in [-0.05, 0) is 43.2 Å². The van der Waals surface area contributed by atoms with Crippen molar-refractivity contribution < 1.29 is 4.79 Å². The third kappa shape index (κ3) is 3.35. The molecule has 0 aliphatic rings. The second-order valence-corrected chi connectivity index (χ2v) is 5.29. The van der Waals surface area contributed by atoms with Gasteiger partial charge >= 0.3 is 0 Å². The lowest BCUT2D eigenvalue weighted by Gasteiger charge is -2.12. The average molecular weight is 315 g/mol. The van der Waals surface area contributed by atoms with Crippen LogP contribution in [0.1, 0.15) is 22.4 Å². The minimum Gasteiger partial charge on any atom is -0.399 e. The van der Waals surface area contributed by atoms with Gasteiger partial charge in [0.15, 0.2) is 0 Å². The molecule has 0 atom stereocenters. The fraction of sp³-hybridized carbons (Fsp3) is 0.188. The molecule has 1 aromatic heterocycles. The lowest BCUT2D eigenvalue weighted by molar-refractivity contribution is -0.115. The quantitative estimate of drug-likeness (QED) is 0.673. The first-order chi connectivity index (χ1) is 10.4. The molecule has 3 N–H and O–H groups in total. The Hall–Kier alpha value is -2.58. The Morgan fingerprint density at radius 2 is 2.18 bits per heavy atom. The highest BCUT2D eigenvalue weighted by Crippen LogP contribution is 2.23. The fourth-order valence-electron chi connectivity index (χ4n) is 2.22. The number of hydrogen-bond donors (Lipinski definition) is 2. The molecule has 1 heterocycles. The van der Waals surface area contributed by atoms with E-state index in [2.05, 4.69) is 10.3 Å². The van der Waals surface area contributed by atoms with E-state index in [0.717, 1.165) is 0 Å². The van der Waals surface area contributed by atoms with Gasteiger partial charge in [-0.1, -0.05) is 17.7 Å². The predicted molar refractivity (Wildman–Crippen MR) is 86.6 cm³/mol. The van der Waals surface area contributed by atoms with Gasteiger partial charge in [-0.2, -0.15) is 5.26 Å². The summed E-state index contributed by atoms with van der Waals surface area (Å²) in [6.07, 6.45) is 0.116. The first-order valence-corrected chi connectivity index (χ1v) is 7.01. The maximum atomic E-state index is 12.2. The molecule has 0 fully saturated rings. The number of amides is 1. The van der Waals surface area contributed by atoms with Gasteiger partial charge in [-0.3, -0.25) is 4.79 Å². The van der Waals surface area contributed by atoms with Crippen LogP contribution in [0.2, 0.25) is 5.15 Å². The Kier molecular flexibility index (Phi) is 4.64. The van der Waals surface area contributed by atoms with Crippen molar-refractivity contribution in [3.8, 4) is 6.07 Å². The van der Waals surface area contributed by atoms with Gasteiger partial charge in [0.1, 0.15) is 11.2 Å². The van der Waals surface area contributed by atoms with Gasteiger partial charge in [-0.15, -0.1) is 0 Å². The summed E-state index contributed by atoms with van der Waals surface area (Å²) in [4.78, 5) is 16.3. The van der Waals surface area contributed by atoms with Crippen LogP contribution in [0.5, 0.6) is 0 Å². The van der Waals surface area contributed by atoms with Crippen molar-refractivity contribution in [1.82, 2.24) is 4.98 Å². The van der Waals surface area contributed by atoms with Crippen LogP contribution in [0.15, 0.2) is 24.3 Å². The minimum absolute atomic E-state index is 0.116. The Bertz CT molecular complexity index is 780. The van der Waals surface area contributed by atoms with E-state index < -0.39 is 0 Å². The fourth-order valence-corrected chi connectivity index (χ4v) is 2.53. The summed E-state index contributed by atoms with van der Waals surface area (Å²) in [5.74, 6) is -0.204. The van der Waals surface area contributed by atoms with Gasteiger partial charge < -0.3 is 11.1 Å². The molecule has 1 amide bonds. The Morgan fingerprint density at radius 3 is 2.82 bits per heavy atom. The number of nitrogens with two attached hydrogens (primary N) is 1. The number of carbonyl (C=O) groups is 1. The van der Waals surface area contributed by atoms with Crippen molar-refractivity contribution in [2.24, 2.45) is 0 Å². The molecule has 0 aliphatic heterocycles. The standard InChI is InChI=1S/C16H15ClN4O/c1-9-13(10(2)20-16(17)14(9)8-18)7-15(22)21-12-5-3-4-11(19)6-12/h3-6H,7,19H2,1-2H3,(H,21,22). The highest BCUT2D eigenvalue weighted by Gasteiger charge is 2.16. The number of anilines is 2. The maximum Gasteiger partial charge on any atom is 0.228 e.